The number of amides is 1. The van der Waals surface area contributed by atoms with Crippen LogP contribution in [0.1, 0.15) is 19.8 Å². The third-order valence-electron chi connectivity index (χ3n) is 2.66. The smallest absolute Gasteiger partial charge is 0.326 e. The van der Waals surface area contributed by atoms with Crippen molar-refractivity contribution in [2.75, 3.05) is 7.11 Å². The number of ether oxygens (including phenoxy) is 1. The quantitative estimate of drug-likeness (QED) is 0.635. The first kappa shape index (κ1) is 12.5. The van der Waals surface area contributed by atoms with Gasteiger partial charge in [-0.2, -0.15) is 0 Å². The Morgan fingerprint density at radius 2 is 2.06 bits per heavy atom. The number of hydrogen-bond acceptors (Lipinski definition) is 4. The highest BCUT2D eigenvalue weighted by Gasteiger charge is 2.40. The van der Waals surface area contributed by atoms with Gasteiger partial charge in [0, 0.05) is 5.92 Å². The molecule has 0 aliphatic heterocycles. The van der Waals surface area contributed by atoms with E-state index in [2.05, 4.69) is 10.1 Å². The van der Waals surface area contributed by atoms with Gasteiger partial charge in [-0.3, -0.25) is 9.59 Å². The summed E-state index contributed by atoms with van der Waals surface area (Å²) in [5, 5.41) is 11.1. The second kappa shape index (κ2) is 4.96. The molecule has 2 N–H and O–H groups in total. The summed E-state index contributed by atoms with van der Waals surface area (Å²) in [5.74, 6) is -2.00. The van der Waals surface area contributed by atoms with Crippen LogP contribution in [0.15, 0.2) is 0 Å². The second-order valence-corrected chi connectivity index (χ2v) is 4.00. The molecule has 6 nitrogen and oxygen atoms in total. The van der Waals surface area contributed by atoms with E-state index in [4.69, 9.17) is 5.11 Å². The maximum atomic E-state index is 11.5. The molecule has 0 bridgehead atoms. The molecule has 1 saturated carbocycles. The number of esters is 1. The minimum atomic E-state index is -1.23. The van der Waals surface area contributed by atoms with Crippen LogP contribution in [0.4, 0.5) is 0 Å². The Hall–Kier alpha value is -1.59. The molecule has 0 saturated heterocycles. The first-order chi connectivity index (χ1) is 7.45. The molecule has 3 atom stereocenters. The molecule has 0 aromatic rings. The van der Waals surface area contributed by atoms with Crippen LogP contribution < -0.4 is 5.32 Å². The zero-order valence-corrected chi connectivity index (χ0v) is 9.23. The summed E-state index contributed by atoms with van der Waals surface area (Å²) in [7, 11) is 1.17. The van der Waals surface area contributed by atoms with E-state index in [1.54, 1.807) is 0 Å². The Morgan fingerprint density at radius 3 is 2.44 bits per heavy atom. The molecule has 2 unspecified atom stereocenters. The third-order valence-corrected chi connectivity index (χ3v) is 2.66. The highest BCUT2D eigenvalue weighted by atomic mass is 16.5. The standard InChI is InChI=1S/C10H15NO5/c1-5-3-6(5)9(13)11-7(10(14)15)4-8(12)16-2/h5-7H,3-4H2,1-2H3,(H,11,13)(H,14,15)/t5?,6?,7-/m0/s1. The Balaban J connectivity index is 2.48. The minimum absolute atomic E-state index is 0.112. The average molecular weight is 229 g/mol. The van der Waals surface area contributed by atoms with Crippen LogP contribution in [0.3, 0.4) is 0 Å². The largest absolute Gasteiger partial charge is 0.480 e. The summed E-state index contributed by atoms with van der Waals surface area (Å²) in [6.45, 7) is 1.92. The predicted molar refractivity (Wildman–Crippen MR) is 53.5 cm³/mol. The number of rotatable bonds is 5. The van der Waals surface area contributed by atoms with Crippen molar-refractivity contribution in [1.29, 1.82) is 0 Å². The number of carboxylic acid groups (broad SMARTS) is 1. The summed E-state index contributed by atoms with van der Waals surface area (Å²) in [5.41, 5.74) is 0. The van der Waals surface area contributed by atoms with Gasteiger partial charge in [0.2, 0.25) is 5.91 Å². The summed E-state index contributed by atoms with van der Waals surface area (Å²) in [6.07, 6.45) is 0.426. The maximum Gasteiger partial charge on any atom is 0.326 e. The normalized spacial score (nSPS) is 24.4. The SMILES string of the molecule is COC(=O)C[C@H](NC(=O)C1CC1C)C(=O)O. The molecule has 0 aromatic carbocycles. The first-order valence-corrected chi connectivity index (χ1v) is 5.05. The van der Waals surface area contributed by atoms with Crippen LogP contribution in [-0.2, 0) is 19.1 Å². The van der Waals surface area contributed by atoms with Crippen molar-refractivity contribution < 1.29 is 24.2 Å². The first-order valence-electron chi connectivity index (χ1n) is 5.05. The number of carbonyl (C=O) groups excluding carboxylic acids is 2. The van der Waals surface area contributed by atoms with Gasteiger partial charge in [-0.15, -0.1) is 0 Å². The molecule has 1 aliphatic rings. The number of aliphatic carboxylic acids is 1. The molecule has 1 fully saturated rings. The van der Waals surface area contributed by atoms with Crippen molar-refractivity contribution >= 4 is 17.8 Å². The molecule has 1 amide bonds. The highest BCUT2D eigenvalue weighted by Crippen LogP contribution is 2.37. The van der Waals surface area contributed by atoms with Crippen LogP contribution >= 0.6 is 0 Å². The summed E-state index contributed by atoms with van der Waals surface area (Å²) in [6, 6.07) is -1.20. The van der Waals surface area contributed by atoms with E-state index >= 15 is 0 Å². The Morgan fingerprint density at radius 1 is 1.50 bits per heavy atom. The third kappa shape index (κ3) is 3.22. The monoisotopic (exact) mass is 229 g/mol. The molecule has 0 spiro atoms. The minimum Gasteiger partial charge on any atom is -0.480 e. The van der Waals surface area contributed by atoms with E-state index in [0.717, 1.165) is 6.42 Å². The van der Waals surface area contributed by atoms with Crippen LogP contribution in [0.25, 0.3) is 0 Å². The van der Waals surface area contributed by atoms with Gasteiger partial charge in [0.25, 0.3) is 0 Å². The Kier molecular flexibility index (Phi) is 3.87. The van der Waals surface area contributed by atoms with E-state index in [-0.39, 0.29) is 18.2 Å². The number of carbonyl (C=O) groups is 3. The van der Waals surface area contributed by atoms with Gasteiger partial charge in [-0.25, -0.2) is 4.79 Å². The van der Waals surface area contributed by atoms with Crippen molar-refractivity contribution in [3.05, 3.63) is 0 Å². The van der Waals surface area contributed by atoms with E-state index in [1.807, 2.05) is 6.92 Å². The topological polar surface area (TPSA) is 92.7 Å². The van der Waals surface area contributed by atoms with Gasteiger partial charge >= 0.3 is 11.9 Å². The molecular weight excluding hydrogens is 214 g/mol. The lowest BCUT2D eigenvalue weighted by Crippen LogP contribution is -2.43. The van der Waals surface area contributed by atoms with Crippen LogP contribution in [-0.4, -0.2) is 36.1 Å². The lowest BCUT2D eigenvalue weighted by Gasteiger charge is -2.12. The summed E-state index contributed by atoms with van der Waals surface area (Å²) >= 11 is 0. The fourth-order valence-corrected chi connectivity index (χ4v) is 1.42. The lowest BCUT2D eigenvalue weighted by molar-refractivity contribution is -0.148. The number of carboxylic acids is 1. The van der Waals surface area contributed by atoms with Gasteiger partial charge in [-0.05, 0) is 12.3 Å². The summed E-state index contributed by atoms with van der Waals surface area (Å²) < 4.78 is 4.36. The van der Waals surface area contributed by atoms with Crippen LogP contribution in [0, 0.1) is 11.8 Å². The maximum absolute atomic E-state index is 11.5. The van der Waals surface area contributed by atoms with Crippen molar-refractivity contribution in [3.63, 3.8) is 0 Å². The molecule has 0 aromatic heterocycles. The lowest BCUT2D eigenvalue weighted by atomic mass is 10.2. The van der Waals surface area contributed by atoms with E-state index in [1.165, 1.54) is 7.11 Å². The molecule has 16 heavy (non-hydrogen) atoms. The van der Waals surface area contributed by atoms with Crippen molar-refractivity contribution in [3.8, 4) is 0 Å². The number of methoxy groups -OCH3 is 1. The zero-order valence-electron chi connectivity index (χ0n) is 9.23. The Bertz CT molecular complexity index is 314. The van der Waals surface area contributed by atoms with Crippen molar-refractivity contribution in [2.24, 2.45) is 11.8 Å². The highest BCUT2D eigenvalue weighted by molar-refractivity contribution is 5.89. The van der Waals surface area contributed by atoms with Gasteiger partial charge in [0.1, 0.15) is 6.04 Å². The molecular formula is C10H15NO5. The Labute approximate surface area is 93.0 Å². The molecule has 1 aliphatic carbocycles. The van der Waals surface area contributed by atoms with Gasteiger partial charge in [-0.1, -0.05) is 6.92 Å². The van der Waals surface area contributed by atoms with E-state index in [0.29, 0.717) is 5.92 Å². The zero-order chi connectivity index (χ0) is 12.3. The van der Waals surface area contributed by atoms with Gasteiger partial charge < -0.3 is 15.2 Å². The van der Waals surface area contributed by atoms with E-state index < -0.39 is 18.0 Å². The fraction of sp³-hybridized carbons (Fsp3) is 0.700. The second-order valence-electron chi connectivity index (χ2n) is 4.00. The van der Waals surface area contributed by atoms with Crippen LogP contribution in [0.2, 0.25) is 0 Å². The fourth-order valence-electron chi connectivity index (χ4n) is 1.42. The van der Waals surface area contributed by atoms with Crippen molar-refractivity contribution in [2.45, 2.75) is 25.8 Å². The average Bonchev–Trinajstić information content (AvgIpc) is 2.94. The molecule has 6 heteroatoms. The van der Waals surface area contributed by atoms with Gasteiger partial charge in [0.15, 0.2) is 0 Å². The molecule has 0 heterocycles. The summed E-state index contributed by atoms with van der Waals surface area (Å²) in [4.78, 5) is 33.2. The van der Waals surface area contributed by atoms with Gasteiger partial charge in [0.05, 0.1) is 13.5 Å². The predicted octanol–water partition coefficient (Wildman–Crippen LogP) is -0.225. The van der Waals surface area contributed by atoms with E-state index in [9.17, 15) is 14.4 Å². The van der Waals surface area contributed by atoms with Crippen LogP contribution in [0.5, 0.6) is 0 Å². The molecule has 1 rings (SSSR count). The number of hydrogen-bond donors (Lipinski definition) is 2. The number of nitrogens with one attached hydrogen (secondary N) is 1. The molecule has 0 radical (unpaired) electrons. The molecule has 90 valence electrons. The van der Waals surface area contributed by atoms with Crippen molar-refractivity contribution in [1.82, 2.24) is 5.32 Å².